The van der Waals surface area contributed by atoms with Gasteiger partial charge in [0, 0.05) is 25.8 Å². The summed E-state index contributed by atoms with van der Waals surface area (Å²) in [6, 6.07) is 4.54. The second-order valence-corrected chi connectivity index (χ2v) is 5.96. The summed E-state index contributed by atoms with van der Waals surface area (Å²) in [7, 11) is 7.62. The molecular weight excluding hydrogens is 267 g/mol. The van der Waals surface area contributed by atoms with Crippen LogP contribution in [0.25, 0.3) is 0 Å². The SMILES string of the molecule is [B]CCc1ccc(CCN(CC)CCC(=C)NC)c(C)c1C. The zero-order valence-electron chi connectivity index (χ0n) is 14.8. The Balaban J connectivity index is 2.62. The van der Waals surface area contributed by atoms with Crippen LogP contribution in [-0.2, 0) is 12.8 Å². The van der Waals surface area contributed by atoms with E-state index in [9.17, 15) is 0 Å². The second kappa shape index (κ2) is 9.73. The van der Waals surface area contributed by atoms with Crippen molar-refractivity contribution >= 4 is 7.85 Å². The number of nitrogens with one attached hydrogen (secondary N) is 1. The molecule has 0 aromatic heterocycles. The predicted molar refractivity (Wildman–Crippen MR) is 98.8 cm³/mol. The molecule has 1 rings (SSSR count). The van der Waals surface area contributed by atoms with Gasteiger partial charge in [-0.1, -0.05) is 32.0 Å². The Kier molecular flexibility index (Phi) is 8.33. The van der Waals surface area contributed by atoms with Crippen LogP contribution < -0.4 is 5.32 Å². The predicted octanol–water partition coefficient (Wildman–Crippen LogP) is 3.42. The maximum absolute atomic E-state index is 5.68. The summed E-state index contributed by atoms with van der Waals surface area (Å²) in [5.74, 6) is 0. The smallest absolute Gasteiger partial charge is 0.0657 e. The fourth-order valence-electron chi connectivity index (χ4n) is 2.75. The van der Waals surface area contributed by atoms with Gasteiger partial charge in [0.1, 0.15) is 0 Å². The minimum absolute atomic E-state index is 0.721. The molecule has 2 nitrogen and oxygen atoms in total. The topological polar surface area (TPSA) is 15.3 Å². The second-order valence-electron chi connectivity index (χ2n) is 5.96. The van der Waals surface area contributed by atoms with Gasteiger partial charge in [-0.2, -0.15) is 0 Å². The highest BCUT2D eigenvalue weighted by Crippen LogP contribution is 2.20. The Hall–Kier alpha value is -1.22. The molecule has 3 heteroatoms. The van der Waals surface area contributed by atoms with Crippen LogP contribution in [0.15, 0.2) is 24.4 Å². The molecule has 0 bridgehead atoms. The quantitative estimate of drug-likeness (QED) is 0.666. The van der Waals surface area contributed by atoms with Crippen molar-refractivity contribution in [2.45, 2.75) is 46.4 Å². The summed E-state index contributed by atoms with van der Waals surface area (Å²) in [6.45, 7) is 13.9. The lowest BCUT2D eigenvalue weighted by atomic mass is 9.90. The summed E-state index contributed by atoms with van der Waals surface area (Å²) in [5, 5.41) is 3.12. The Morgan fingerprint density at radius 2 is 1.73 bits per heavy atom. The molecule has 0 aliphatic rings. The maximum Gasteiger partial charge on any atom is 0.0657 e. The van der Waals surface area contributed by atoms with E-state index in [-0.39, 0.29) is 0 Å². The molecule has 0 saturated heterocycles. The lowest BCUT2D eigenvalue weighted by Crippen LogP contribution is -2.28. The van der Waals surface area contributed by atoms with E-state index in [2.05, 4.69) is 49.7 Å². The van der Waals surface area contributed by atoms with Crippen LogP contribution in [0.3, 0.4) is 0 Å². The van der Waals surface area contributed by atoms with Crippen LogP contribution in [0, 0.1) is 13.8 Å². The van der Waals surface area contributed by atoms with Gasteiger partial charge in [-0.3, -0.25) is 0 Å². The van der Waals surface area contributed by atoms with Crippen LogP contribution in [0.2, 0.25) is 6.32 Å². The third kappa shape index (κ3) is 5.53. The number of nitrogens with zero attached hydrogens (tertiary/aromatic N) is 1. The van der Waals surface area contributed by atoms with E-state index in [1.54, 1.807) is 0 Å². The molecule has 22 heavy (non-hydrogen) atoms. The average molecular weight is 298 g/mol. The summed E-state index contributed by atoms with van der Waals surface area (Å²) in [4.78, 5) is 2.49. The lowest BCUT2D eigenvalue weighted by molar-refractivity contribution is 0.294. The molecule has 0 aliphatic heterocycles. The molecule has 0 atom stereocenters. The molecule has 0 amide bonds. The van der Waals surface area contributed by atoms with Crippen molar-refractivity contribution in [2.75, 3.05) is 26.7 Å². The van der Waals surface area contributed by atoms with Crippen molar-refractivity contribution in [1.29, 1.82) is 0 Å². The van der Waals surface area contributed by atoms with Crippen molar-refractivity contribution in [3.63, 3.8) is 0 Å². The lowest BCUT2D eigenvalue weighted by Gasteiger charge is -2.22. The van der Waals surface area contributed by atoms with Crippen LogP contribution in [0.5, 0.6) is 0 Å². The third-order valence-electron chi connectivity index (χ3n) is 4.65. The normalized spacial score (nSPS) is 11.0. The molecule has 1 N–H and O–H groups in total. The van der Waals surface area contributed by atoms with Gasteiger partial charge in [-0.15, -0.1) is 0 Å². The van der Waals surface area contributed by atoms with Gasteiger partial charge in [0.15, 0.2) is 0 Å². The van der Waals surface area contributed by atoms with Gasteiger partial charge in [0.25, 0.3) is 0 Å². The first kappa shape index (κ1) is 18.8. The molecule has 1 aromatic rings. The first-order valence-electron chi connectivity index (χ1n) is 8.39. The van der Waals surface area contributed by atoms with Crippen LogP contribution in [-0.4, -0.2) is 39.4 Å². The van der Waals surface area contributed by atoms with Crippen molar-refractivity contribution in [2.24, 2.45) is 0 Å². The number of benzene rings is 1. The van der Waals surface area contributed by atoms with Gasteiger partial charge in [-0.25, -0.2) is 0 Å². The highest BCUT2D eigenvalue weighted by Gasteiger charge is 2.08. The van der Waals surface area contributed by atoms with E-state index in [4.69, 9.17) is 7.85 Å². The van der Waals surface area contributed by atoms with Crippen molar-refractivity contribution in [3.05, 3.63) is 46.7 Å². The van der Waals surface area contributed by atoms with Crippen LogP contribution >= 0.6 is 0 Å². The first-order valence-corrected chi connectivity index (χ1v) is 8.39. The number of hydrogen-bond donors (Lipinski definition) is 1. The molecule has 0 saturated carbocycles. The van der Waals surface area contributed by atoms with E-state index >= 15 is 0 Å². The van der Waals surface area contributed by atoms with E-state index < -0.39 is 0 Å². The molecular formula is C19H31BN2. The summed E-state index contributed by atoms with van der Waals surface area (Å²) in [5.41, 5.74) is 6.80. The monoisotopic (exact) mass is 298 g/mol. The molecule has 0 unspecified atom stereocenters. The van der Waals surface area contributed by atoms with Gasteiger partial charge in [-0.05, 0) is 61.9 Å². The zero-order chi connectivity index (χ0) is 16.5. The standard InChI is InChI=1S/C19H31BN2/c1-6-22(13-10-15(2)21-5)14-11-19-8-7-18(9-12-20)16(3)17(19)4/h7-8,21H,2,6,9-14H2,1,3-5H3. The van der Waals surface area contributed by atoms with E-state index in [1.807, 2.05) is 7.05 Å². The fraction of sp³-hybridized carbons (Fsp3) is 0.579. The van der Waals surface area contributed by atoms with E-state index in [1.165, 1.54) is 22.3 Å². The highest BCUT2D eigenvalue weighted by molar-refractivity contribution is 6.08. The first-order chi connectivity index (χ1) is 10.5. The Morgan fingerprint density at radius 1 is 1.14 bits per heavy atom. The number of likely N-dealkylation sites (N-methyl/N-ethyl adjacent to an activating group) is 1. The third-order valence-corrected chi connectivity index (χ3v) is 4.65. The van der Waals surface area contributed by atoms with Crippen molar-refractivity contribution in [3.8, 4) is 0 Å². The largest absolute Gasteiger partial charge is 0.392 e. The Bertz CT molecular complexity index is 483. The van der Waals surface area contributed by atoms with Gasteiger partial charge >= 0.3 is 0 Å². The molecule has 2 radical (unpaired) electrons. The van der Waals surface area contributed by atoms with Crippen molar-refractivity contribution < 1.29 is 0 Å². The minimum atomic E-state index is 0.721. The molecule has 0 heterocycles. The average Bonchev–Trinajstić information content (AvgIpc) is 2.53. The summed E-state index contributed by atoms with van der Waals surface area (Å²) in [6.07, 6.45) is 3.81. The maximum atomic E-state index is 5.68. The minimum Gasteiger partial charge on any atom is -0.392 e. The molecule has 120 valence electrons. The van der Waals surface area contributed by atoms with Crippen LogP contribution in [0.1, 0.15) is 35.6 Å². The highest BCUT2D eigenvalue weighted by atomic mass is 15.1. The fourth-order valence-corrected chi connectivity index (χ4v) is 2.75. The van der Waals surface area contributed by atoms with E-state index in [0.717, 1.165) is 50.9 Å². The van der Waals surface area contributed by atoms with Crippen LogP contribution in [0.4, 0.5) is 0 Å². The molecule has 0 fully saturated rings. The molecule has 1 aromatic carbocycles. The Morgan fingerprint density at radius 3 is 2.23 bits per heavy atom. The van der Waals surface area contributed by atoms with Crippen molar-refractivity contribution in [1.82, 2.24) is 10.2 Å². The Labute approximate surface area is 138 Å². The molecule has 0 aliphatic carbocycles. The molecule has 0 spiro atoms. The summed E-state index contributed by atoms with van der Waals surface area (Å²) >= 11 is 0. The van der Waals surface area contributed by atoms with Gasteiger partial charge < -0.3 is 10.2 Å². The van der Waals surface area contributed by atoms with Gasteiger partial charge in [0.05, 0.1) is 7.85 Å². The summed E-state index contributed by atoms with van der Waals surface area (Å²) < 4.78 is 0. The zero-order valence-corrected chi connectivity index (χ0v) is 14.8. The van der Waals surface area contributed by atoms with E-state index in [0.29, 0.717) is 0 Å². The number of rotatable bonds is 10. The number of hydrogen-bond acceptors (Lipinski definition) is 2. The number of aryl methyl sites for hydroxylation is 1. The van der Waals surface area contributed by atoms with Gasteiger partial charge in [0.2, 0.25) is 0 Å².